The number of nitrogens with one attached hydrogen (secondary N) is 2. The van der Waals surface area contributed by atoms with E-state index in [4.69, 9.17) is 9.26 Å². The van der Waals surface area contributed by atoms with Crippen LogP contribution in [0.5, 0.6) is 5.75 Å². The maximum absolute atomic E-state index is 12.4. The molecule has 9 heteroatoms. The SMILES string of the molecule is COc1ccc(-c2noc(CCC(=O)Nc3nc(-c4c[nH]c5ccccc45)cs3)n2)cc1. The van der Waals surface area contributed by atoms with E-state index in [2.05, 4.69) is 25.4 Å². The Labute approximate surface area is 187 Å². The van der Waals surface area contributed by atoms with Crippen LogP contribution < -0.4 is 10.1 Å². The lowest BCUT2D eigenvalue weighted by Crippen LogP contribution is -2.12. The maximum atomic E-state index is 12.4. The van der Waals surface area contributed by atoms with Crippen molar-refractivity contribution in [2.75, 3.05) is 12.4 Å². The summed E-state index contributed by atoms with van der Waals surface area (Å²) in [5.74, 6) is 1.48. The van der Waals surface area contributed by atoms with Crippen molar-refractivity contribution in [2.24, 2.45) is 0 Å². The highest BCUT2D eigenvalue weighted by molar-refractivity contribution is 7.14. The molecule has 32 heavy (non-hydrogen) atoms. The van der Waals surface area contributed by atoms with Crippen LogP contribution in [-0.2, 0) is 11.2 Å². The van der Waals surface area contributed by atoms with E-state index in [0.29, 0.717) is 23.3 Å². The molecule has 0 radical (unpaired) electrons. The summed E-state index contributed by atoms with van der Waals surface area (Å²) in [5, 5.41) is 10.4. The first-order valence-corrected chi connectivity index (χ1v) is 10.9. The number of anilines is 1. The van der Waals surface area contributed by atoms with E-state index < -0.39 is 0 Å². The van der Waals surface area contributed by atoms with Gasteiger partial charge in [0.15, 0.2) is 5.13 Å². The van der Waals surface area contributed by atoms with Crippen molar-refractivity contribution in [3.63, 3.8) is 0 Å². The van der Waals surface area contributed by atoms with Crippen molar-refractivity contribution in [3.05, 3.63) is 66.0 Å². The number of nitrogens with zero attached hydrogens (tertiary/aromatic N) is 3. The van der Waals surface area contributed by atoms with Gasteiger partial charge in [-0.05, 0) is 30.3 Å². The van der Waals surface area contributed by atoms with E-state index in [0.717, 1.165) is 33.5 Å². The van der Waals surface area contributed by atoms with Gasteiger partial charge in [-0.25, -0.2) is 4.98 Å². The first-order valence-electron chi connectivity index (χ1n) is 9.98. The van der Waals surface area contributed by atoms with E-state index in [1.54, 1.807) is 7.11 Å². The Hall–Kier alpha value is -3.98. The van der Waals surface area contributed by atoms with E-state index in [1.807, 2.05) is 60.1 Å². The standard InChI is InChI=1S/C23H19N5O3S/c1-30-15-8-6-14(7-9-15)22-27-21(31-28-22)11-10-20(29)26-23-25-19(13-32-23)17-12-24-18-5-3-2-4-16(17)18/h2-9,12-13,24H,10-11H2,1H3,(H,25,26,29). The van der Waals surface area contributed by atoms with Gasteiger partial charge in [0.2, 0.25) is 17.6 Å². The lowest BCUT2D eigenvalue weighted by atomic mass is 10.1. The summed E-state index contributed by atoms with van der Waals surface area (Å²) in [6.45, 7) is 0. The normalized spacial score (nSPS) is 11.0. The van der Waals surface area contributed by atoms with Crippen molar-refractivity contribution in [1.82, 2.24) is 20.1 Å². The summed E-state index contributed by atoms with van der Waals surface area (Å²) in [5.41, 5.74) is 3.70. The highest BCUT2D eigenvalue weighted by atomic mass is 32.1. The Bertz CT molecular complexity index is 1370. The van der Waals surface area contributed by atoms with Crippen LogP contribution in [0.1, 0.15) is 12.3 Å². The lowest BCUT2D eigenvalue weighted by Gasteiger charge is -1.99. The second-order valence-corrected chi connectivity index (χ2v) is 7.93. The number of hydrogen-bond donors (Lipinski definition) is 2. The monoisotopic (exact) mass is 445 g/mol. The van der Waals surface area contributed by atoms with Crippen LogP contribution in [0.2, 0.25) is 0 Å². The van der Waals surface area contributed by atoms with Crippen molar-refractivity contribution < 1.29 is 14.1 Å². The number of rotatable bonds is 7. The average molecular weight is 446 g/mol. The number of carbonyl (C=O) groups excluding carboxylic acids is 1. The molecular formula is C23H19N5O3S. The molecule has 0 saturated heterocycles. The fourth-order valence-corrected chi connectivity index (χ4v) is 4.08. The molecular weight excluding hydrogens is 426 g/mol. The van der Waals surface area contributed by atoms with Crippen molar-refractivity contribution in [2.45, 2.75) is 12.8 Å². The molecule has 5 rings (SSSR count). The minimum Gasteiger partial charge on any atom is -0.497 e. The van der Waals surface area contributed by atoms with Crippen LogP contribution >= 0.6 is 11.3 Å². The molecule has 3 aromatic heterocycles. The summed E-state index contributed by atoms with van der Waals surface area (Å²) in [4.78, 5) is 24.6. The number of thiazole rings is 1. The predicted molar refractivity (Wildman–Crippen MR) is 123 cm³/mol. The predicted octanol–water partition coefficient (Wildman–Crippen LogP) is 4.92. The summed E-state index contributed by atoms with van der Waals surface area (Å²) in [6, 6.07) is 15.4. The van der Waals surface area contributed by atoms with Crippen molar-refractivity contribution >= 4 is 33.3 Å². The number of aromatic nitrogens is 4. The van der Waals surface area contributed by atoms with Crippen molar-refractivity contribution in [3.8, 4) is 28.4 Å². The Kier molecular flexibility index (Phi) is 5.39. The van der Waals surface area contributed by atoms with E-state index in [1.165, 1.54) is 11.3 Å². The van der Waals surface area contributed by atoms with Crippen LogP contribution in [0.15, 0.2) is 64.6 Å². The maximum Gasteiger partial charge on any atom is 0.227 e. The van der Waals surface area contributed by atoms with Gasteiger partial charge in [-0.2, -0.15) is 4.98 Å². The second-order valence-electron chi connectivity index (χ2n) is 7.07. The molecule has 3 heterocycles. The number of fused-ring (bicyclic) bond motifs is 1. The van der Waals surface area contributed by atoms with Gasteiger partial charge in [0.1, 0.15) is 5.75 Å². The summed E-state index contributed by atoms with van der Waals surface area (Å²) < 4.78 is 10.4. The minimum atomic E-state index is -0.158. The second kappa shape index (κ2) is 8.64. The summed E-state index contributed by atoms with van der Waals surface area (Å²) in [6.07, 6.45) is 2.49. The van der Waals surface area contributed by atoms with Crippen LogP contribution in [-0.4, -0.2) is 33.1 Å². The molecule has 0 aliphatic rings. The van der Waals surface area contributed by atoms with Gasteiger partial charge in [0, 0.05) is 46.4 Å². The molecule has 160 valence electrons. The van der Waals surface area contributed by atoms with Gasteiger partial charge < -0.3 is 19.6 Å². The molecule has 0 spiro atoms. The first-order chi connectivity index (χ1) is 15.7. The van der Waals surface area contributed by atoms with E-state index in [9.17, 15) is 4.79 Å². The lowest BCUT2D eigenvalue weighted by molar-refractivity contribution is -0.116. The van der Waals surface area contributed by atoms with E-state index >= 15 is 0 Å². The van der Waals surface area contributed by atoms with Crippen molar-refractivity contribution in [1.29, 1.82) is 0 Å². The minimum absolute atomic E-state index is 0.158. The third kappa shape index (κ3) is 4.10. The van der Waals surface area contributed by atoms with Crippen LogP contribution in [0, 0.1) is 0 Å². The zero-order valence-electron chi connectivity index (χ0n) is 17.2. The number of amides is 1. The highest BCUT2D eigenvalue weighted by Crippen LogP contribution is 2.31. The highest BCUT2D eigenvalue weighted by Gasteiger charge is 2.14. The molecule has 1 amide bonds. The zero-order chi connectivity index (χ0) is 21.9. The molecule has 0 aliphatic carbocycles. The smallest absolute Gasteiger partial charge is 0.227 e. The number of ether oxygens (including phenoxy) is 1. The van der Waals surface area contributed by atoms with Gasteiger partial charge in [-0.15, -0.1) is 11.3 Å². The number of aromatic amines is 1. The van der Waals surface area contributed by atoms with Gasteiger partial charge >= 0.3 is 0 Å². The van der Waals surface area contributed by atoms with Crippen LogP contribution in [0.25, 0.3) is 33.5 Å². The first kappa shape index (κ1) is 20.0. The third-order valence-electron chi connectivity index (χ3n) is 5.00. The van der Waals surface area contributed by atoms with Gasteiger partial charge in [-0.1, -0.05) is 23.4 Å². The van der Waals surface area contributed by atoms with Gasteiger partial charge in [0.25, 0.3) is 0 Å². The Morgan fingerprint density at radius 3 is 2.84 bits per heavy atom. The Morgan fingerprint density at radius 2 is 2.00 bits per heavy atom. The number of para-hydroxylation sites is 1. The van der Waals surface area contributed by atoms with E-state index in [-0.39, 0.29) is 12.3 Å². The molecule has 5 aromatic rings. The third-order valence-corrected chi connectivity index (χ3v) is 5.76. The summed E-state index contributed by atoms with van der Waals surface area (Å²) in [7, 11) is 1.61. The van der Waals surface area contributed by atoms with Crippen LogP contribution in [0.4, 0.5) is 5.13 Å². The number of hydrogen-bond acceptors (Lipinski definition) is 7. The zero-order valence-corrected chi connectivity index (χ0v) is 18.0. The number of H-pyrrole nitrogens is 1. The van der Waals surface area contributed by atoms with Gasteiger partial charge in [0.05, 0.1) is 12.8 Å². The molecule has 8 nitrogen and oxygen atoms in total. The summed E-state index contributed by atoms with van der Waals surface area (Å²) >= 11 is 1.39. The number of aryl methyl sites for hydroxylation is 1. The number of carbonyl (C=O) groups is 1. The largest absolute Gasteiger partial charge is 0.497 e. The Balaban J connectivity index is 1.19. The fourth-order valence-electron chi connectivity index (χ4n) is 3.35. The number of methoxy groups -OCH3 is 1. The van der Waals surface area contributed by atoms with Crippen LogP contribution in [0.3, 0.4) is 0 Å². The molecule has 2 N–H and O–H groups in total. The topological polar surface area (TPSA) is 106 Å². The average Bonchev–Trinajstić information content (AvgIpc) is 3.57. The quantitative estimate of drug-likeness (QED) is 0.368. The Morgan fingerprint density at radius 1 is 1.16 bits per heavy atom. The molecule has 2 aromatic carbocycles. The molecule has 0 unspecified atom stereocenters. The molecule has 0 bridgehead atoms. The van der Waals surface area contributed by atoms with Gasteiger partial charge in [-0.3, -0.25) is 4.79 Å². The molecule has 0 fully saturated rings. The molecule has 0 atom stereocenters. The number of benzene rings is 2. The fraction of sp³-hybridized carbons (Fsp3) is 0.130. The molecule has 0 saturated carbocycles. The molecule has 0 aliphatic heterocycles.